The summed E-state index contributed by atoms with van der Waals surface area (Å²) in [6, 6.07) is 24.1. The summed E-state index contributed by atoms with van der Waals surface area (Å²) in [5.74, 6) is -1.10. The summed E-state index contributed by atoms with van der Waals surface area (Å²) in [5, 5.41) is 0. The Kier molecular flexibility index (Phi) is 7.81. The van der Waals surface area contributed by atoms with Crippen LogP contribution in [0.2, 0.25) is 0 Å². The fraction of sp³-hybridized carbons (Fsp3) is 0.250. The molecule has 4 aromatic rings. The van der Waals surface area contributed by atoms with Crippen LogP contribution < -0.4 is 10.6 Å². The molecule has 2 amide bonds. The molecule has 12 heteroatoms. The minimum absolute atomic E-state index is 0.0172. The molecule has 1 fully saturated rings. The van der Waals surface area contributed by atoms with Crippen LogP contribution in [0.3, 0.4) is 0 Å². The van der Waals surface area contributed by atoms with Gasteiger partial charge >= 0.3 is 18.0 Å². The number of piperidine rings is 1. The molecule has 226 valence electrons. The second-order valence-electron chi connectivity index (χ2n) is 10.6. The van der Waals surface area contributed by atoms with Crippen molar-refractivity contribution in [2.75, 3.05) is 24.5 Å². The average Bonchev–Trinajstić information content (AvgIpc) is 3.39. The van der Waals surface area contributed by atoms with Crippen LogP contribution >= 0.6 is 0 Å². The van der Waals surface area contributed by atoms with Gasteiger partial charge in [-0.1, -0.05) is 78.9 Å². The Hall–Kier alpha value is -5.13. The van der Waals surface area contributed by atoms with Crippen molar-refractivity contribution in [3.05, 3.63) is 113 Å². The van der Waals surface area contributed by atoms with Gasteiger partial charge in [-0.2, -0.15) is 13.2 Å². The first kappa shape index (κ1) is 29.0. The Morgan fingerprint density at radius 2 is 1.50 bits per heavy atom. The number of hydrogen-bond donors (Lipinski definition) is 1. The van der Waals surface area contributed by atoms with Crippen molar-refractivity contribution >= 4 is 23.4 Å². The zero-order chi connectivity index (χ0) is 30.8. The van der Waals surface area contributed by atoms with Gasteiger partial charge in [0.15, 0.2) is 0 Å². The van der Waals surface area contributed by atoms with Crippen molar-refractivity contribution in [1.29, 1.82) is 0 Å². The Bertz CT molecular complexity index is 1740. The number of ether oxygens (including phenoxy) is 1. The van der Waals surface area contributed by atoms with Crippen LogP contribution in [0, 0.1) is 0 Å². The maximum absolute atomic E-state index is 13.7. The molecule has 0 spiro atoms. The highest BCUT2D eigenvalue weighted by Crippen LogP contribution is 2.32. The third-order valence-electron chi connectivity index (χ3n) is 7.72. The zero-order valence-electron chi connectivity index (χ0n) is 23.4. The van der Waals surface area contributed by atoms with Gasteiger partial charge in [0.1, 0.15) is 6.54 Å². The molecule has 2 aliphatic rings. The number of alkyl halides is 3. The van der Waals surface area contributed by atoms with Gasteiger partial charge in [-0.15, -0.1) is 0 Å². The molecule has 3 heterocycles. The van der Waals surface area contributed by atoms with Crippen molar-refractivity contribution in [3.63, 3.8) is 0 Å². The largest absolute Gasteiger partial charge is 0.414 e. The first-order valence-corrected chi connectivity index (χ1v) is 14.1. The molecule has 0 bridgehead atoms. The predicted molar refractivity (Wildman–Crippen MR) is 158 cm³/mol. The van der Waals surface area contributed by atoms with Gasteiger partial charge in [0, 0.05) is 36.5 Å². The molecule has 6 rings (SSSR count). The summed E-state index contributed by atoms with van der Waals surface area (Å²) in [7, 11) is 0. The molecule has 0 unspecified atom stereocenters. The lowest BCUT2D eigenvalue weighted by Gasteiger charge is -2.32. The van der Waals surface area contributed by atoms with Gasteiger partial charge in [-0.05, 0) is 24.5 Å². The number of amides is 2. The summed E-state index contributed by atoms with van der Waals surface area (Å²) in [4.78, 5) is 48.8. The number of nitrogens with one attached hydrogen (secondary N) is 1. The fourth-order valence-corrected chi connectivity index (χ4v) is 5.59. The number of anilines is 1. The number of aliphatic imine (C=N–C) groups is 1. The van der Waals surface area contributed by atoms with Crippen LogP contribution in [0.1, 0.15) is 30.0 Å². The number of benzodiazepines with no additional fused rings is 1. The Labute approximate surface area is 250 Å². The van der Waals surface area contributed by atoms with Gasteiger partial charge in [0.25, 0.3) is 12.1 Å². The van der Waals surface area contributed by atoms with Crippen molar-refractivity contribution in [2.24, 2.45) is 4.99 Å². The molecular weight excluding hydrogens is 575 g/mol. The number of para-hydroxylation sites is 1. The molecule has 1 saturated heterocycles. The number of rotatable bonds is 5. The number of hydrogen-bond acceptors (Lipinski definition) is 5. The van der Waals surface area contributed by atoms with Crippen molar-refractivity contribution in [2.45, 2.75) is 31.3 Å². The summed E-state index contributed by atoms with van der Waals surface area (Å²) < 4.78 is 48.2. The van der Waals surface area contributed by atoms with Crippen LogP contribution in [0.15, 0.2) is 101 Å². The first-order chi connectivity index (χ1) is 21.2. The lowest BCUT2D eigenvalue weighted by molar-refractivity contribution is -0.137. The fourth-order valence-electron chi connectivity index (χ4n) is 5.59. The molecule has 3 aromatic carbocycles. The number of halogens is 3. The van der Waals surface area contributed by atoms with Crippen LogP contribution in [-0.2, 0) is 9.53 Å². The summed E-state index contributed by atoms with van der Waals surface area (Å²) >= 11 is 0. The van der Waals surface area contributed by atoms with E-state index in [1.54, 1.807) is 53.2 Å². The monoisotopic (exact) mass is 603 g/mol. The van der Waals surface area contributed by atoms with Crippen molar-refractivity contribution < 1.29 is 27.5 Å². The molecule has 2 aliphatic heterocycles. The van der Waals surface area contributed by atoms with E-state index in [9.17, 15) is 27.6 Å². The molecule has 9 nitrogen and oxygen atoms in total. The molecule has 1 aromatic heterocycles. The number of fused-ring (bicyclic) bond motifs is 1. The number of likely N-dealkylation sites (tertiary alicyclic amines) is 1. The van der Waals surface area contributed by atoms with E-state index in [1.807, 2.05) is 30.3 Å². The quantitative estimate of drug-likeness (QED) is 0.331. The van der Waals surface area contributed by atoms with Gasteiger partial charge in [-0.3, -0.25) is 14.3 Å². The average molecular weight is 604 g/mol. The molecule has 0 saturated carbocycles. The van der Waals surface area contributed by atoms with E-state index in [2.05, 4.69) is 9.98 Å². The smallest absolute Gasteiger partial charge is 0.412 e. The number of carbonyl (C=O) groups excluding carboxylic acids is 2. The highest BCUT2D eigenvalue weighted by Gasteiger charge is 2.41. The highest BCUT2D eigenvalue weighted by molar-refractivity contribution is 6.20. The van der Waals surface area contributed by atoms with Gasteiger partial charge in [0.05, 0.1) is 17.1 Å². The maximum atomic E-state index is 13.7. The normalized spacial score (nSPS) is 17.6. The lowest BCUT2D eigenvalue weighted by Crippen LogP contribution is -2.47. The first-order valence-electron chi connectivity index (χ1n) is 14.1. The Balaban J connectivity index is 1.22. The number of H-pyrrole nitrogens is 1. The minimum Gasteiger partial charge on any atom is -0.414 e. The number of aromatic amines is 1. The van der Waals surface area contributed by atoms with Crippen LogP contribution in [0.25, 0.3) is 11.3 Å². The van der Waals surface area contributed by atoms with Gasteiger partial charge < -0.3 is 14.6 Å². The van der Waals surface area contributed by atoms with E-state index in [4.69, 9.17) is 4.74 Å². The summed E-state index contributed by atoms with van der Waals surface area (Å²) in [5.41, 5.74) is 2.40. The summed E-state index contributed by atoms with van der Waals surface area (Å²) in [6.45, 7) is -1.15. The third kappa shape index (κ3) is 6.01. The number of benzene rings is 3. The molecule has 1 atom stereocenters. The Morgan fingerprint density at radius 3 is 2.16 bits per heavy atom. The van der Waals surface area contributed by atoms with E-state index in [0.29, 0.717) is 34.6 Å². The SMILES string of the molecule is O=C(O[C@H]1N=C(c2ccccc2)c2ccccc2N(CC(F)(F)F)C1=O)N1CCC(n2cc(-c3ccccc3)[nH]c2=O)CC1. The van der Waals surface area contributed by atoms with Crippen LogP contribution in [0.5, 0.6) is 0 Å². The zero-order valence-corrected chi connectivity index (χ0v) is 23.4. The number of aromatic nitrogens is 2. The topological polar surface area (TPSA) is 100 Å². The van der Waals surface area contributed by atoms with E-state index in [0.717, 1.165) is 5.56 Å². The second-order valence-corrected chi connectivity index (χ2v) is 10.6. The molecular formula is C32H28F3N5O4. The van der Waals surface area contributed by atoms with Crippen LogP contribution in [0.4, 0.5) is 23.7 Å². The third-order valence-corrected chi connectivity index (χ3v) is 7.72. The van der Waals surface area contributed by atoms with E-state index in [1.165, 1.54) is 17.0 Å². The standard InChI is InChI=1S/C32H28F3N5O4/c33-32(34,35)20-40-26-14-8-7-13-24(26)27(22-11-5-2-6-12-22)37-28(29(40)41)44-31(43)38-17-15-23(16-18-38)39-19-25(36-30(39)42)21-9-3-1-4-10-21/h1-14,19,23,28H,15-18,20H2,(H,36,42)/t28-/m1/s1. The molecule has 0 radical (unpaired) electrons. The highest BCUT2D eigenvalue weighted by atomic mass is 19.4. The lowest BCUT2D eigenvalue weighted by atomic mass is 10.0. The van der Waals surface area contributed by atoms with Crippen molar-refractivity contribution in [1.82, 2.24) is 14.5 Å². The van der Waals surface area contributed by atoms with Gasteiger partial charge in [0.2, 0.25) is 0 Å². The van der Waals surface area contributed by atoms with E-state index < -0.39 is 30.9 Å². The molecule has 1 N–H and O–H groups in total. The summed E-state index contributed by atoms with van der Waals surface area (Å²) in [6.07, 6.45) is -4.80. The number of carbonyl (C=O) groups is 2. The molecule has 0 aliphatic carbocycles. The Morgan fingerprint density at radius 1 is 0.886 bits per heavy atom. The minimum atomic E-state index is -4.72. The maximum Gasteiger partial charge on any atom is 0.412 e. The van der Waals surface area contributed by atoms with Gasteiger partial charge in [-0.25, -0.2) is 14.6 Å². The predicted octanol–water partition coefficient (Wildman–Crippen LogP) is 5.39. The molecule has 44 heavy (non-hydrogen) atoms. The van der Waals surface area contributed by atoms with E-state index in [-0.39, 0.29) is 36.2 Å². The second kappa shape index (κ2) is 11.9. The van der Waals surface area contributed by atoms with Crippen LogP contribution in [-0.4, -0.2) is 64.2 Å². The van der Waals surface area contributed by atoms with Crippen molar-refractivity contribution in [3.8, 4) is 11.3 Å². The number of nitrogens with zero attached hydrogens (tertiary/aromatic N) is 4. The number of imidazole rings is 1. The van der Waals surface area contributed by atoms with E-state index >= 15 is 0 Å².